The summed E-state index contributed by atoms with van der Waals surface area (Å²) in [7, 11) is 0. The number of nitrogens with zero attached hydrogens (tertiary/aromatic N) is 1. The number of benzene rings is 1. The Hall–Kier alpha value is -2.63. The van der Waals surface area contributed by atoms with Gasteiger partial charge in [0.15, 0.2) is 0 Å². The Morgan fingerprint density at radius 1 is 1.16 bits per heavy atom. The van der Waals surface area contributed by atoms with Crippen molar-refractivity contribution in [1.29, 1.82) is 0 Å². The molecule has 6 nitrogen and oxygen atoms in total. The molecule has 1 aliphatic rings. The summed E-state index contributed by atoms with van der Waals surface area (Å²) in [6.45, 7) is 4.22. The molecule has 1 fully saturated rings. The summed E-state index contributed by atoms with van der Waals surface area (Å²) in [6.07, 6.45) is 2.12. The molecule has 0 aliphatic heterocycles. The summed E-state index contributed by atoms with van der Waals surface area (Å²) < 4.78 is 5.47. The summed E-state index contributed by atoms with van der Waals surface area (Å²) in [6, 6.07) is 9.60. The van der Waals surface area contributed by atoms with E-state index in [0.717, 1.165) is 11.3 Å². The van der Waals surface area contributed by atoms with Crippen LogP contribution in [0.2, 0.25) is 0 Å². The van der Waals surface area contributed by atoms with Gasteiger partial charge in [-0.05, 0) is 24.0 Å². The van der Waals surface area contributed by atoms with Gasteiger partial charge in [-0.15, -0.1) is 0 Å². The van der Waals surface area contributed by atoms with Gasteiger partial charge in [-0.1, -0.05) is 32.0 Å². The van der Waals surface area contributed by atoms with Crippen molar-refractivity contribution < 1.29 is 19.1 Å². The number of nitrogens with one attached hydrogen (secondary N) is 1. The Labute approximate surface area is 146 Å². The van der Waals surface area contributed by atoms with Gasteiger partial charge in [0.1, 0.15) is 6.26 Å². The third kappa shape index (κ3) is 3.43. The van der Waals surface area contributed by atoms with E-state index in [2.05, 4.69) is 10.3 Å². The monoisotopic (exact) mass is 342 g/mol. The van der Waals surface area contributed by atoms with E-state index in [9.17, 15) is 14.7 Å². The van der Waals surface area contributed by atoms with Gasteiger partial charge in [0, 0.05) is 18.5 Å². The van der Waals surface area contributed by atoms with Crippen LogP contribution in [0.1, 0.15) is 19.5 Å². The van der Waals surface area contributed by atoms with E-state index in [4.69, 9.17) is 4.42 Å². The molecular weight excluding hydrogens is 320 g/mol. The van der Waals surface area contributed by atoms with Gasteiger partial charge in [-0.3, -0.25) is 9.59 Å². The van der Waals surface area contributed by atoms with Crippen LogP contribution in [0.25, 0.3) is 11.5 Å². The zero-order valence-corrected chi connectivity index (χ0v) is 14.3. The number of aromatic nitrogens is 1. The lowest BCUT2D eigenvalue weighted by atomic mass is 9.57. The lowest BCUT2D eigenvalue weighted by Gasteiger charge is -2.45. The molecule has 3 rings (SSSR count). The molecule has 4 atom stereocenters. The van der Waals surface area contributed by atoms with Gasteiger partial charge in [0.25, 0.3) is 0 Å². The lowest BCUT2D eigenvalue weighted by molar-refractivity contribution is -0.163. The second kappa shape index (κ2) is 7.09. The van der Waals surface area contributed by atoms with Gasteiger partial charge in [0.2, 0.25) is 11.8 Å². The molecule has 0 radical (unpaired) electrons. The Balaban J connectivity index is 1.52. The van der Waals surface area contributed by atoms with Gasteiger partial charge in [-0.2, -0.15) is 0 Å². The molecule has 0 bridgehead atoms. The lowest BCUT2D eigenvalue weighted by Crippen LogP contribution is -2.55. The van der Waals surface area contributed by atoms with E-state index in [-0.39, 0.29) is 17.7 Å². The SMILES string of the molecule is CC1C(C)[C@H](C(=O)NCCc2coc(-c3ccccc3)n2)[C@@H]1C(=O)O. The Bertz CT molecular complexity index is 756. The fraction of sp³-hybridized carbons (Fsp3) is 0.421. The molecule has 2 N–H and O–H groups in total. The molecule has 25 heavy (non-hydrogen) atoms. The van der Waals surface area contributed by atoms with Crippen LogP contribution in [-0.2, 0) is 16.0 Å². The number of oxazole rings is 1. The highest BCUT2D eigenvalue weighted by Gasteiger charge is 2.52. The van der Waals surface area contributed by atoms with Crippen molar-refractivity contribution in [2.45, 2.75) is 20.3 Å². The van der Waals surface area contributed by atoms with E-state index in [1.165, 1.54) is 0 Å². The van der Waals surface area contributed by atoms with Gasteiger partial charge in [-0.25, -0.2) is 4.98 Å². The number of carboxylic acids is 1. The fourth-order valence-electron chi connectivity index (χ4n) is 3.51. The molecule has 1 amide bonds. The summed E-state index contributed by atoms with van der Waals surface area (Å²) in [5, 5.41) is 12.1. The van der Waals surface area contributed by atoms with E-state index in [1.807, 2.05) is 44.2 Å². The van der Waals surface area contributed by atoms with Crippen molar-refractivity contribution in [2.75, 3.05) is 6.54 Å². The van der Waals surface area contributed by atoms with Crippen LogP contribution < -0.4 is 5.32 Å². The van der Waals surface area contributed by atoms with E-state index in [0.29, 0.717) is 18.9 Å². The summed E-state index contributed by atoms with van der Waals surface area (Å²) >= 11 is 0. The van der Waals surface area contributed by atoms with Crippen LogP contribution in [0.3, 0.4) is 0 Å². The highest BCUT2D eigenvalue weighted by molar-refractivity contribution is 5.87. The second-order valence-corrected chi connectivity index (χ2v) is 6.66. The average Bonchev–Trinajstić information content (AvgIpc) is 3.07. The summed E-state index contributed by atoms with van der Waals surface area (Å²) in [5.41, 5.74) is 1.66. The van der Waals surface area contributed by atoms with E-state index >= 15 is 0 Å². The predicted octanol–water partition coefficient (Wildman–Crippen LogP) is 2.60. The highest BCUT2D eigenvalue weighted by atomic mass is 16.4. The third-order valence-electron chi connectivity index (χ3n) is 5.19. The molecule has 1 aliphatic carbocycles. The van der Waals surface area contributed by atoms with Crippen LogP contribution in [0.5, 0.6) is 0 Å². The number of rotatable bonds is 6. The quantitative estimate of drug-likeness (QED) is 0.842. The Morgan fingerprint density at radius 3 is 2.52 bits per heavy atom. The molecule has 1 aromatic carbocycles. The van der Waals surface area contributed by atoms with Crippen molar-refractivity contribution in [2.24, 2.45) is 23.7 Å². The first kappa shape index (κ1) is 17.2. The molecule has 0 saturated heterocycles. The normalized spacial score (nSPS) is 25.2. The first-order valence-electron chi connectivity index (χ1n) is 8.49. The maximum absolute atomic E-state index is 12.3. The molecular formula is C19H22N2O4. The molecule has 1 saturated carbocycles. The maximum atomic E-state index is 12.3. The number of carbonyl (C=O) groups is 2. The molecule has 1 heterocycles. The number of carboxylic acid groups (broad SMARTS) is 1. The number of aliphatic carboxylic acids is 1. The van der Waals surface area contributed by atoms with Crippen molar-refractivity contribution in [3.63, 3.8) is 0 Å². The molecule has 2 unspecified atom stereocenters. The van der Waals surface area contributed by atoms with Crippen LogP contribution >= 0.6 is 0 Å². The minimum absolute atomic E-state index is 0.0252. The van der Waals surface area contributed by atoms with Crippen LogP contribution in [0.15, 0.2) is 41.0 Å². The van der Waals surface area contributed by atoms with Crippen molar-refractivity contribution in [3.8, 4) is 11.5 Å². The van der Waals surface area contributed by atoms with Crippen molar-refractivity contribution in [3.05, 3.63) is 42.3 Å². The topological polar surface area (TPSA) is 92.4 Å². The first-order chi connectivity index (χ1) is 12.0. The molecule has 6 heteroatoms. The fourth-order valence-corrected chi connectivity index (χ4v) is 3.51. The van der Waals surface area contributed by atoms with E-state index in [1.54, 1.807) is 6.26 Å². The Morgan fingerprint density at radius 2 is 1.84 bits per heavy atom. The molecule has 132 valence electrons. The van der Waals surface area contributed by atoms with Gasteiger partial charge < -0.3 is 14.8 Å². The zero-order valence-electron chi connectivity index (χ0n) is 14.3. The average molecular weight is 342 g/mol. The molecule has 2 aromatic rings. The largest absolute Gasteiger partial charge is 0.481 e. The second-order valence-electron chi connectivity index (χ2n) is 6.66. The van der Waals surface area contributed by atoms with Crippen molar-refractivity contribution >= 4 is 11.9 Å². The zero-order chi connectivity index (χ0) is 18.0. The number of hydrogen-bond acceptors (Lipinski definition) is 4. The first-order valence-corrected chi connectivity index (χ1v) is 8.49. The van der Waals surface area contributed by atoms with Gasteiger partial charge in [0.05, 0.1) is 17.5 Å². The molecule has 0 spiro atoms. The number of carbonyl (C=O) groups excluding carboxylic acids is 1. The smallest absolute Gasteiger partial charge is 0.307 e. The maximum Gasteiger partial charge on any atom is 0.307 e. The number of amides is 1. The van der Waals surface area contributed by atoms with Crippen LogP contribution in [-0.4, -0.2) is 28.5 Å². The van der Waals surface area contributed by atoms with Crippen LogP contribution in [0.4, 0.5) is 0 Å². The minimum Gasteiger partial charge on any atom is -0.481 e. The predicted molar refractivity (Wildman–Crippen MR) is 91.6 cm³/mol. The van der Waals surface area contributed by atoms with Crippen LogP contribution in [0, 0.1) is 23.7 Å². The van der Waals surface area contributed by atoms with E-state index < -0.39 is 17.8 Å². The van der Waals surface area contributed by atoms with Gasteiger partial charge >= 0.3 is 5.97 Å². The number of hydrogen-bond donors (Lipinski definition) is 2. The summed E-state index contributed by atoms with van der Waals surface area (Å²) in [4.78, 5) is 28.0. The van der Waals surface area contributed by atoms with Crippen molar-refractivity contribution in [1.82, 2.24) is 10.3 Å². The Kier molecular flexibility index (Phi) is 4.88. The minimum atomic E-state index is -0.894. The summed E-state index contributed by atoms with van der Waals surface area (Å²) in [5.74, 6) is -1.47. The molecule has 1 aromatic heterocycles. The highest BCUT2D eigenvalue weighted by Crippen LogP contribution is 2.45. The standard InChI is InChI=1S/C19H22N2O4/c1-11-12(2)16(19(23)24)15(11)17(22)20-9-8-14-10-25-18(21-14)13-6-4-3-5-7-13/h3-7,10-12,15-16H,8-9H2,1-2H3,(H,20,22)(H,23,24)/t11?,12?,15-,16+/m0/s1. The third-order valence-corrected chi connectivity index (χ3v) is 5.19.